The van der Waals surface area contributed by atoms with E-state index in [0.29, 0.717) is 0 Å². The van der Waals surface area contributed by atoms with Crippen molar-refractivity contribution in [2.45, 2.75) is 13.0 Å². The zero-order chi connectivity index (χ0) is 14.7. The molecule has 20 heavy (non-hydrogen) atoms. The lowest BCUT2D eigenvalue weighted by molar-refractivity contribution is 0.0936. The van der Waals surface area contributed by atoms with E-state index in [2.05, 4.69) is 21.2 Å². The maximum absolute atomic E-state index is 13.7. The lowest BCUT2D eigenvalue weighted by atomic mass is 10.1. The first kappa shape index (κ1) is 15.0. The van der Waals surface area contributed by atoms with Crippen LogP contribution in [0.5, 0.6) is 0 Å². The van der Waals surface area contributed by atoms with Crippen molar-refractivity contribution in [1.29, 1.82) is 0 Å². The van der Waals surface area contributed by atoms with Gasteiger partial charge in [0.25, 0.3) is 5.91 Å². The third kappa shape index (κ3) is 3.19. The molecule has 2 aromatic carbocycles. The van der Waals surface area contributed by atoms with E-state index in [1.807, 2.05) is 31.2 Å². The fourth-order valence-electron chi connectivity index (χ4n) is 1.89. The van der Waals surface area contributed by atoms with Crippen LogP contribution in [0.15, 0.2) is 46.9 Å². The molecule has 1 amide bonds. The van der Waals surface area contributed by atoms with E-state index < -0.39 is 11.7 Å². The summed E-state index contributed by atoms with van der Waals surface area (Å²) in [6, 6.07) is 11.4. The van der Waals surface area contributed by atoms with Gasteiger partial charge in [0.1, 0.15) is 5.82 Å². The molecule has 0 fully saturated rings. The first-order chi connectivity index (χ1) is 9.50. The predicted molar refractivity (Wildman–Crippen MR) is 81.4 cm³/mol. The van der Waals surface area contributed by atoms with Crippen molar-refractivity contribution in [3.05, 3.63) is 68.9 Å². The third-order valence-corrected chi connectivity index (χ3v) is 3.95. The number of benzene rings is 2. The number of halogens is 3. The summed E-state index contributed by atoms with van der Waals surface area (Å²) in [6.45, 7) is 1.83. The molecule has 0 saturated carbocycles. The van der Waals surface area contributed by atoms with Crippen molar-refractivity contribution in [3.63, 3.8) is 0 Å². The van der Waals surface area contributed by atoms with Gasteiger partial charge in [-0.3, -0.25) is 4.79 Å². The van der Waals surface area contributed by atoms with Crippen LogP contribution in [0.4, 0.5) is 4.39 Å². The summed E-state index contributed by atoms with van der Waals surface area (Å²) in [4.78, 5) is 12.1. The number of hydrogen-bond acceptors (Lipinski definition) is 1. The fourth-order valence-corrected chi connectivity index (χ4v) is 2.76. The maximum Gasteiger partial charge on any atom is 0.256 e. The minimum Gasteiger partial charge on any atom is -0.345 e. The molecule has 0 aliphatic rings. The molecule has 104 valence electrons. The predicted octanol–water partition coefficient (Wildman–Crippen LogP) is 4.73. The Morgan fingerprint density at radius 1 is 1.25 bits per heavy atom. The number of amides is 1. The van der Waals surface area contributed by atoms with E-state index in [4.69, 9.17) is 11.6 Å². The van der Waals surface area contributed by atoms with Crippen LogP contribution in [0.3, 0.4) is 0 Å². The molecule has 2 rings (SSSR count). The average Bonchev–Trinajstić information content (AvgIpc) is 2.38. The topological polar surface area (TPSA) is 29.1 Å². The van der Waals surface area contributed by atoms with Crippen LogP contribution >= 0.6 is 27.5 Å². The number of carbonyl (C=O) groups excluding carboxylic acids is 1. The largest absolute Gasteiger partial charge is 0.345 e. The van der Waals surface area contributed by atoms with E-state index >= 15 is 0 Å². The number of carbonyl (C=O) groups is 1. The summed E-state index contributed by atoms with van der Waals surface area (Å²) >= 11 is 9.30. The van der Waals surface area contributed by atoms with Crippen LogP contribution in [0.2, 0.25) is 5.02 Å². The van der Waals surface area contributed by atoms with Gasteiger partial charge < -0.3 is 5.32 Å². The molecular formula is C15H12BrClFNO. The molecular weight excluding hydrogens is 345 g/mol. The minimum atomic E-state index is -0.630. The van der Waals surface area contributed by atoms with E-state index in [1.165, 1.54) is 18.2 Å². The Balaban J connectivity index is 2.22. The van der Waals surface area contributed by atoms with Gasteiger partial charge >= 0.3 is 0 Å². The van der Waals surface area contributed by atoms with Gasteiger partial charge in [0.05, 0.1) is 16.6 Å². The zero-order valence-corrected chi connectivity index (χ0v) is 13.0. The second kappa shape index (κ2) is 6.37. The van der Waals surface area contributed by atoms with Crippen LogP contribution in [-0.2, 0) is 0 Å². The highest BCUT2D eigenvalue weighted by atomic mass is 79.9. The molecule has 1 atom stereocenters. The SMILES string of the molecule is C[C@@H](NC(=O)c1c(F)cccc1Cl)c1ccccc1Br. The molecule has 0 aliphatic carbocycles. The van der Waals surface area contributed by atoms with Crippen molar-refractivity contribution in [3.8, 4) is 0 Å². The summed E-state index contributed by atoms with van der Waals surface area (Å²) in [5.74, 6) is -1.16. The third-order valence-electron chi connectivity index (χ3n) is 2.91. The van der Waals surface area contributed by atoms with Gasteiger partial charge in [-0.2, -0.15) is 0 Å². The summed E-state index contributed by atoms with van der Waals surface area (Å²) in [7, 11) is 0. The Bertz CT molecular complexity index is 627. The molecule has 0 saturated heterocycles. The van der Waals surface area contributed by atoms with Gasteiger partial charge in [-0.05, 0) is 30.7 Å². The highest BCUT2D eigenvalue weighted by Crippen LogP contribution is 2.24. The van der Waals surface area contributed by atoms with E-state index in [-0.39, 0.29) is 16.6 Å². The number of nitrogens with one attached hydrogen (secondary N) is 1. The summed E-state index contributed by atoms with van der Waals surface area (Å²) in [5, 5.41) is 2.84. The Kier molecular flexibility index (Phi) is 4.78. The molecule has 0 aromatic heterocycles. The molecule has 2 aromatic rings. The molecule has 0 heterocycles. The van der Waals surface area contributed by atoms with Gasteiger partial charge in [0, 0.05) is 4.47 Å². The quantitative estimate of drug-likeness (QED) is 0.846. The van der Waals surface area contributed by atoms with E-state index in [9.17, 15) is 9.18 Å². The fraction of sp³-hybridized carbons (Fsp3) is 0.133. The molecule has 0 radical (unpaired) electrons. The van der Waals surface area contributed by atoms with E-state index in [1.54, 1.807) is 0 Å². The zero-order valence-electron chi connectivity index (χ0n) is 10.7. The lowest BCUT2D eigenvalue weighted by Gasteiger charge is -2.16. The van der Waals surface area contributed by atoms with Crippen molar-refractivity contribution < 1.29 is 9.18 Å². The second-order valence-corrected chi connectivity index (χ2v) is 5.57. The monoisotopic (exact) mass is 355 g/mol. The van der Waals surface area contributed by atoms with Gasteiger partial charge in [0.15, 0.2) is 0 Å². The summed E-state index contributed by atoms with van der Waals surface area (Å²) in [5.41, 5.74) is 0.779. The molecule has 0 bridgehead atoms. The van der Waals surface area contributed by atoms with Crippen molar-refractivity contribution in [2.75, 3.05) is 0 Å². The molecule has 0 aliphatic heterocycles. The highest BCUT2D eigenvalue weighted by molar-refractivity contribution is 9.10. The van der Waals surface area contributed by atoms with Crippen molar-refractivity contribution in [2.24, 2.45) is 0 Å². The minimum absolute atomic E-state index is 0.0989. The number of hydrogen-bond donors (Lipinski definition) is 1. The molecule has 5 heteroatoms. The highest BCUT2D eigenvalue weighted by Gasteiger charge is 2.18. The molecule has 0 unspecified atom stereocenters. The maximum atomic E-state index is 13.7. The van der Waals surface area contributed by atoms with Crippen LogP contribution < -0.4 is 5.32 Å². The average molecular weight is 357 g/mol. The van der Waals surface area contributed by atoms with Crippen LogP contribution in [0, 0.1) is 5.82 Å². The Morgan fingerprint density at radius 2 is 1.95 bits per heavy atom. The van der Waals surface area contributed by atoms with Crippen molar-refractivity contribution in [1.82, 2.24) is 5.32 Å². The molecule has 1 N–H and O–H groups in total. The lowest BCUT2D eigenvalue weighted by Crippen LogP contribution is -2.28. The van der Waals surface area contributed by atoms with Crippen molar-refractivity contribution >= 4 is 33.4 Å². The summed E-state index contributed by atoms with van der Waals surface area (Å²) in [6.07, 6.45) is 0. The second-order valence-electron chi connectivity index (χ2n) is 4.31. The van der Waals surface area contributed by atoms with Crippen LogP contribution in [0.25, 0.3) is 0 Å². The van der Waals surface area contributed by atoms with Crippen LogP contribution in [-0.4, -0.2) is 5.91 Å². The van der Waals surface area contributed by atoms with Crippen LogP contribution in [0.1, 0.15) is 28.9 Å². The Morgan fingerprint density at radius 3 is 2.60 bits per heavy atom. The Labute approximate surface area is 130 Å². The normalized spacial score (nSPS) is 12.0. The molecule has 2 nitrogen and oxygen atoms in total. The van der Waals surface area contributed by atoms with Gasteiger partial charge in [-0.15, -0.1) is 0 Å². The van der Waals surface area contributed by atoms with E-state index in [0.717, 1.165) is 10.0 Å². The smallest absolute Gasteiger partial charge is 0.256 e. The Hall–Kier alpha value is -1.39. The summed E-state index contributed by atoms with van der Waals surface area (Å²) < 4.78 is 14.6. The first-order valence-electron chi connectivity index (χ1n) is 6.00. The number of rotatable bonds is 3. The van der Waals surface area contributed by atoms with Gasteiger partial charge in [-0.25, -0.2) is 4.39 Å². The van der Waals surface area contributed by atoms with Gasteiger partial charge in [0.2, 0.25) is 0 Å². The standard InChI is InChI=1S/C15H12BrClFNO/c1-9(10-5-2-3-6-11(10)16)19-15(20)14-12(17)7-4-8-13(14)18/h2-9H,1H3,(H,19,20)/t9-/m1/s1. The van der Waals surface area contributed by atoms with Gasteiger partial charge in [-0.1, -0.05) is 51.8 Å². The first-order valence-corrected chi connectivity index (χ1v) is 7.17. The molecule has 0 spiro atoms.